The molecule has 2 aromatic rings. The first-order chi connectivity index (χ1) is 13.5. The van der Waals surface area contributed by atoms with Crippen molar-refractivity contribution in [2.75, 3.05) is 38.6 Å². The van der Waals surface area contributed by atoms with Crippen LogP contribution in [0.2, 0.25) is 5.02 Å². The van der Waals surface area contributed by atoms with Gasteiger partial charge in [0, 0.05) is 10.7 Å². The largest absolute Gasteiger partial charge is 0.496 e. The summed E-state index contributed by atoms with van der Waals surface area (Å²) < 4.78 is 18.9. The number of hydrogen-bond acceptors (Lipinski definition) is 2. The van der Waals surface area contributed by atoms with E-state index in [1.54, 1.807) is 43.5 Å². The first kappa shape index (κ1) is 20.6. The van der Waals surface area contributed by atoms with Crippen molar-refractivity contribution in [2.45, 2.75) is 19.5 Å². The van der Waals surface area contributed by atoms with E-state index in [0.29, 0.717) is 5.02 Å². The molecule has 0 spiro atoms. The van der Waals surface area contributed by atoms with Crippen LogP contribution in [0, 0.1) is 5.82 Å². The van der Waals surface area contributed by atoms with E-state index in [9.17, 15) is 9.18 Å². The third kappa shape index (κ3) is 5.22. The maximum atomic E-state index is 13.6. The van der Waals surface area contributed by atoms with Crippen LogP contribution in [-0.4, -0.2) is 45.2 Å². The number of hydrogen-bond donors (Lipinski definition) is 3. The zero-order valence-electron chi connectivity index (χ0n) is 16.2. The summed E-state index contributed by atoms with van der Waals surface area (Å²) >= 11 is 5.88. The van der Waals surface area contributed by atoms with Crippen molar-refractivity contribution in [2.24, 2.45) is 0 Å². The van der Waals surface area contributed by atoms with Gasteiger partial charge in [-0.3, -0.25) is 4.79 Å². The number of piperazine rings is 1. The Morgan fingerprint density at radius 2 is 1.86 bits per heavy atom. The summed E-state index contributed by atoms with van der Waals surface area (Å²) in [5, 5.41) is 3.60. The monoisotopic (exact) mass is 407 g/mol. The average molecular weight is 408 g/mol. The van der Waals surface area contributed by atoms with Gasteiger partial charge in [0.05, 0.1) is 12.7 Å². The molecule has 1 heterocycles. The van der Waals surface area contributed by atoms with Crippen molar-refractivity contribution in [3.63, 3.8) is 0 Å². The Morgan fingerprint density at radius 3 is 2.50 bits per heavy atom. The summed E-state index contributed by atoms with van der Waals surface area (Å²) in [6.07, 6.45) is 0. The van der Waals surface area contributed by atoms with Gasteiger partial charge in [0.25, 0.3) is 5.91 Å². The first-order valence-electron chi connectivity index (χ1n) is 9.53. The molecule has 0 saturated carbocycles. The van der Waals surface area contributed by atoms with Crippen molar-refractivity contribution in [1.29, 1.82) is 0 Å². The first-order valence-corrected chi connectivity index (χ1v) is 9.91. The van der Waals surface area contributed by atoms with Gasteiger partial charge in [-0.2, -0.15) is 0 Å². The van der Waals surface area contributed by atoms with Gasteiger partial charge >= 0.3 is 0 Å². The molecular formula is C21H27ClFN3O2+2. The summed E-state index contributed by atoms with van der Waals surface area (Å²) in [4.78, 5) is 15.2. The van der Waals surface area contributed by atoms with Gasteiger partial charge in [-0.25, -0.2) is 4.39 Å². The summed E-state index contributed by atoms with van der Waals surface area (Å²) in [6.45, 7) is 6.31. The van der Waals surface area contributed by atoms with Crippen molar-refractivity contribution in [1.82, 2.24) is 0 Å². The minimum absolute atomic E-state index is 0.00701. The topological polar surface area (TPSA) is 47.2 Å². The van der Waals surface area contributed by atoms with E-state index in [4.69, 9.17) is 16.3 Å². The smallest absolute Gasteiger partial charge is 0.282 e. The molecule has 0 radical (unpaired) electrons. The fourth-order valence-corrected chi connectivity index (χ4v) is 3.78. The number of quaternary nitrogens is 2. The van der Waals surface area contributed by atoms with Gasteiger partial charge < -0.3 is 19.9 Å². The molecule has 0 bridgehead atoms. The highest BCUT2D eigenvalue weighted by molar-refractivity contribution is 6.30. The third-order valence-corrected chi connectivity index (χ3v) is 5.65. The lowest BCUT2D eigenvalue weighted by Gasteiger charge is -2.32. The number of anilines is 1. The molecule has 1 aliphatic rings. The zero-order valence-corrected chi connectivity index (χ0v) is 17.0. The molecule has 2 aromatic carbocycles. The number of carbonyl (C=O) groups is 1. The van der Waals surface area contributed by atoms with Gasteiger partial charge in [0.15, 0.2) is 6.04 Å². The normalized spacial score (nSPS) is 20.4. The Morgan fingerprint density at radius 1 is 1.18 bits per heavy atom. The molecular weight excluding hydrogens is 381 g/mol. The van der Waals surface area contributed by atoms with Crippen LogP contribution in [0.5, 0.6) is 5.75 Å². The SMILES string of the molecule is COc1ccc(F)cc1C[NH+]1CC[NH+]([C@H](C)C(=O)Nc2ccc(Cl)cc2)CC1. The average Bonchev–Trinajstić information content (AvgIpc) is 2.70. The van der Waals surface area contributed by atoms with E-state index in [0.717, 1.165) is 49.7 Å². The highest BCUT2D eigenvalue weighted by Crippen LogP contribution is 2.18. The molecule has 3 rings (SSSR count). The lowest BCUT2D eigenvalue weighted by molar-refractivity contribution is -1.02. The van der Waals surface area contributed by atoms with Gasteiger partial charge in [0.2, 0.25) is 0 Å². The molecule has 28 heavy (non-hydrogen) atoms. The number of rotatable bonds is 6. The Kier molecular flexibility index (Phi) is 6.88. The summed E-state index contributed by atoms with van der Waals surface area (Å²) in [6, 6.07) is 11.6. The zero-order chi connectivity index (χ0) is 20.1. The second kappa shape index (κ2) is 9.37. The second-order valence-electron chi connectivity index (χ2n) is 7.26. The fraction of sp³-hybridized carbons (Fsp3) is 0.381. The molecule has 3 N–H and O–H groups in total. The number of amides is 1. The van der Waals surface area contributed by atoms with Crippen molar-refractivity contribution < 1.29 is 23.7 Å². The highest BCUT2D eigenvalue weighted by Gasteiger charge is 2.31. The summed E-state index contributed by atoms with van der Waals surface area (Å²) in [5.74, 6) is 0.485. The fourth-order valence-electron chi connectivity index (χ4n) is 3.66. The lowest BCUT2D eigenvalue weighted by Crippen LogP contribution is -3.29. The molecule has 5 nitrogen and oxygen atoms in total. The minimum Gasteiger partial charge on any atom is -0.496 e. The summed E-state index contributed by atoms with van der Waals surface area (Å²) in [7, 11) is 1.61. The minimum atomic E-state index is -0.244. The molecule has 7 heteroatoms. The van der Waals surface area contributed by atoms with Gasteiger partial charge in [0.1, 0.15) is 44.3 Å². The quantitative estimate of drug-likeness (QED) is 0.663. The maximum absolute atomic E-state index is 13.6. The second-order valence-corrected chi connectivity index (χ2v) is 7.70. The Bertz CT molecular complexity index is 808. The van der Waals surface area contributed by atoms with Crippen LogP contribution in [0.1, 0.15) is 12.5 Å². The van der Waals surface area contributed by atoms with E-state index in [1.807, 2.05) is 6.92 Å². The number of nitrogens with one attached hydrogen (secondary N) is 3. The Labute approximate surface area is 170 Å². The molecule has 1 aliphatic heterocycles. The molecule has 1 saturated heterocycles. The standard InChI is InChI=1S/C21H25ClFN3O2/c1-15(21(27)24-19-6-3-17(22)4-7-19)26-11-9-25(10-12-26)14-16-13-18(23)5-8-20(16)28-2/h3-8,13,15H,9-12,14H2,1-2H3,(H,24,27)/p+2/t15-/m1/s1. The Hall–Kier alpha value is -2.15. The van der Waals surface area contributed by atoms with Crippen LogP contribution >= 0.6 is 11.6 Å². The maximum Gasteiger partial charge on any atom is 0.282 e. The van der Waals surface area contributed by atoms with Gasteiger partial charge in [-0.15, -0.1) is 0 Å². The van der Waals surface area contributed by atoms with E-state index < -0.39 is 0 Å². The third-order valence-electron chi connectivity index (χ3n) is 5.40. The molecule has 150 valence electrons. The molecule has 1 amide bonds. The van der Waals surface area contributed by atoms with Crippen LogP contribution in [0.25, 0.3) is 0 Å². The van der Waals surface area contributed by atoms with E-state index in [-0.39, 0.29) is 17.8 Å². The van der Waals surface area contributed by atoms with Gasteiger partial charge in [-0.05, 0) is 49.4 Å². The van der Waals surface area contributed by atoms with Crippen LogP contribution in [0.4, 0.5) is 10.1 Å². The van der Waals surface area contributed by atoms with Crippen LogP contribution in [-0.2, 0) is 11.3 Å². The van der Waals surface area contributed by atoms with E-state index in [2.05, 4.69) is 5.32 Å². The van der Waals surface area contributed by atoms with Gasteiger partial charge in [-0.1, -0.05) is 11.6 Å². The Balaban J connectivity index is 1.52. The predicted molar refractivity (Wildman–Crippen MR) is 108 cm³/mol. The van der Waals surface area contributed by atoms with Crippen molar-refractivity contribution in [3.05, 3.63) is 58.9 Å². The molecule has 0 unspecified atom stereocenters. The molecule has 1 atom stereocenters. The van der Waals surface area contributed by atoms with E-state index in [1.165, 1.54) is 15.9 Å². The highest BCUT2D eigenvalue weighted by atomic mass is 35.5. The van der Waals surface area contributed by atoms with Crippen LogP contribution in [0.15, 0.2) is 42.5 Å². The number of carbonyl (C=O) groups excluding carboxylic acids is 1. The van der Waals surface area contributed by atoms with Crippen LogP contribution < -0.4 is 19.9 Å². The number of halogens is 2. The molecule has 0 aliphatic carbocycles. The predicted octanol–water partition coefficient (Wildman–Crippen LogP) is 0.798. The van der Waals surface area contributed by atoms with E-state index >= 15 is 0 Å². The molecule has 0 aromatic heterocycles. The van der Waals surface area contributed by atoms with Crippen molar-refractivity contribution in [3.8, 4) is 5.75 Å². The number of ether oxygens (including phenoxy) is 1. The lowest BCUT2D eigenvalue weighted by atomic mass is 10.1. The van der Waals surface area contributed by atoms with Crippen molar-refractivity contribution >= 4 is 23.2 Å². The number of benzene rings is 2. The van der Waals surface area contributed by atoms with Crippen LogP contribution in [0.3, 0.4) is 0 Å². The summed E-state index contributed by atoms with van der Waals surface area (Å²) in [5.41, 5.74) is 1.64. The number of methoxy groups -OCH3 is 1. The molecule has 1 fully saturated rings.